The number of hydrogen-bond acceptors (Lipinski definition) is 3. The van der Waals surface area contributed by atoms with Gasteiger partial charge in [0.05, 0.1) is 11.9 Å². The maximum atomic E-state index is 12.2. The van der Waals surface area contributed by atoms with E-state index in [0.717, 1.165) is 0 Å². The number of Topliss-reactive ketones (excluding diaryl/α,β-unsaturated/α-hetero) is 1. The first-order valence-electron chi connectivity index (χ1n) is 5.35. The summed E-state index contributed by atoms with van der Waals surface area (Å²) in [7, 11) is 0. The van der Waals surface area contributed by atoms with Crippen LogP contribution in [-0.2, 0) is 11.2 Å². The number of carbonyl (C=O) groups is 1. The molecule has 1 rings (SSSR count). The van der Waals surface area contributed by atoms with E-state index in [-0.39, 0.29) is 29.0 Å². The Morgan fingerprint density at radius 2 is 2.11 bits per heavy atom. The molecule has 0 saturated carbocycles. The second-order valence-electron chi connectivity index (χ2n) is 3.44. The summed E-state index contributed by atoms with van der Waals surface area (Å²) in [5.41, 5.74) is 0.610. The average molecular weight is 323 g/mol. The zero-order valence-corrected chi connectivity index (χ0v) is 11.4. The van der Waals surface area contributed by atoms with Crippen molar-refractivity contribution in [3.05, 3.63) is 23.8 Å². The zero-order chi connectivity index (χ0) is 13.5. The van der Waals surface area contributed by atoms with Gasteiger partial charge in [0.2, 0.25) is 0 Å². The average Bonchev–Trinajstić information content (AvgIpc) is 2.31. The van der Waals surface area contributed by atoms with Gasteiger partial charge in [0.15, 0.2) is 11.5 Å². The van der Waals surface area contributed by atoms with E-state index in [2.05, 4.69) is 20.7 Å². The molecule has 0 saturated heterocycles. The molecule has 18 heavy (non-hydrogen) atoms. The van der Waals surface area contributed by atoms with Gasteiger partial charge < -0.3 is 9.47 Å². The molecule has 6 heteroatoms. The second kappa shape index (κ2) is 7.31. The summed E-state index contributed by atoms with van der Waals surface area (Å²) in [5.74, 6) is 0.154. The number of halogens is 3. The van der Waals surface area contributed by atoms with Gasteiger partial charge in [-0.05, 0) is 24.6 Å². The largest absolute Gasteiger partial charge is 0.490 e. The van der Waals surface area contributed by atoms with E-state index < -0.39 is 6.61 Å². The van der Waals surface area contributed by atoms with Gasteiger partial charge in [0.25, 0.3) is 0 Å². The van der Waals surface area contributed by atoms with Crippen molar-refractivity contribution >= 4 is 21.7 Å². The minimum absolute atomic E-state index is 0.0397. The van der Waals surface area contributed by atoms with Gasteiger partial charge in [-0.3, -0.25) is 4.79 Å². The number of alkyl halides is 3. The van der Waals surface area contributed by atoms with Crippen LogP contribution in [0.15, 0.2) is 18.2 Å². The van der Waals surface area contributed by atoms with Crippen LogP contribution >= 0.6 is 15.9 Å². The quantitative estimate of drug-likeness (QED) is 0.723. The zero-order valence-electron chi connectivity index (χ0n) is 9.79. The minimum Gasteiger partial charge on any atom is -0.490 e. The van der Waals surface area contributed by atoms with Crippen molar-refractivity contribution in [2.75, 3.05) is 11.9 Å². The molecule has 0 amide bonds. The van der Waals surface area contributed by atoms with Crippen LogP contribution in [0.4, 0.5) is 8.78 Å². The molecule has 0 fully saturated rings. The normalized spacial score (nSPS) is 10.5. The smallest absolute Gasteiger partial charge is 0.387 e. The lowest BCUT2D eigenvalue weighted by Crippen LogP contribution is -2.07. The summed E-state index contributed by atoms with van der Waals surface area (Å²) in [5, 5.41) is 0.227. The Labute approximate surface area is 112 Å². The van der Waals surface area contributed by atoms with Gasteiger partial charge in [-0.1, -0.05) is 22.0 Å². The molecule has 0 N–H and O–H groups in total. The van der Waals surface area contributed by atoms with Crippen molar-refractivity contribution in [3.63, 3.8) is 0 Å². The van der Waals surface area contributed by atoms with Crippen molar-refractivity contribution in [3.8, 4) is 11.5 Å². The highest BCUT2D eigenvalue weighted by molar-refractivity contribution is 9.09. The van der Waals surface area contributed by atoms with E-state index in [1.807, 2.05) is 0 Å². The Hall–Kier alpha value is -1.17. The van der Waals surface area contributed by atoms with E-state index in [4.69, 9.17) is 4.74 Å². The highest BCUT2D eigenvalue weighted by atomic mass is 79.9. The van der Waals surface area contributed by atoms with Crippen molar-refractivity contribution < 1.29 is 23.0 Å². The number of ketones is 1. The van der Waals surface area contributed by atoms with Crippen LogP contribution in [0.3, 0.4) is 0 Å². The predicted octanol–water partition coefficient (Wildman–Crippen LogP) is 3.19. The van der Waals surface area contributed by atoms with Crippen LogP contribution in [0.1, 0.15) is 12.5 Å². The van der Waals surface area contributed by atoms with E-state index in [1.165, 1.54) is 12.1 Å². The molecule has 100 valence electrons. The lowest BCUT2D eigenvalue weighted by atomic mass is 10.1. The molecule has 1 aromatic carbocycles. The fourth-order valence-electron chi connectivity index (χ4n) is 1.40. The van der Waals surface area contributed by atoms with Crippen molar-refractivity contribution in [2.45, 2.75) is 20.0 Å². The minimum atomic E-state index is -2.92. The second-order valence-corrected chi connectivity index (χ2v) is 4.00. The first-order chi connectivity index (χ1) is 8.56. The van der Waals surface area contributed by atoms with Gasteiger partial charge in [-0.2, -0.15) is 8.78 Å². The van der Waals surface area contributed by atoms with E-state index in [9.17, 15) is 13.6 Å². The van der Waals surface area contributed by atoms with Crippen LogP contribution in [0.25, 0.3) is 0 Å². The molecule has 0 spiro atoms. The van der Waals surface area contributed by atoms with E-state index in [0.29, 0.717) is 12.2 Å². The third-order valence-electron chi connectivity index (χ3n) is 2.07. The Bertz CT molecular complexity index is 410. The summed E-state index contributed by atoms with van der Waals surface area (Å²) >= 11 is 3.04. The molecule has 0 aromatic heterocycles. The highest BCUT2D eigenvalue weighted by Crippen LogP contribution is 2.30. The predicted molar refractivity (Wildman–Crippen MR) is 66.7 cm³/mol. The van der Waals surface area contributed by atoms with Crippen LogP contribution in [0.5, 0.6) is 11.5 Å². The fraction of sp³-hybridized carbons (Fsp3) is 0.417. The Balaban J connectivity index is 2.93. The van der Waals surface area contributed by atoms with Crippen LogP contribution in [0, 0.1) is 0 Å². The molecular weight excluding hydrogens is 310 g/mol. The Kier molecular flexibility index (Phi) is 6.04. The number of ether oxygens (including phenoxy) is 2. The van der Waals surface area contributed by atoms with Crippen LogP contribution < -0.4 is 9.47 Å². The summed E-state index contributed by atoms with van der Waals surface area (Å²) in [6, 6.07) is 4.58. The Morgan fingerprint density at radius 1 is 1.39 bits per heavy atom. The number of rotatable bonds is 7. The summed E-state index contributed by atoms with van der Waals surface area (Å²) in [6.07, 6.45) is 0.164. The lowest BCUT2D eigenvalue weighted by Gasteiger charge is -2.12. The first kappa shape index (κ1) is 14.9. The fourth-order valence-corrected chi connectivity index (χ4v) is 1.60. The third-order valence-corrected chi connectivity index (χ3v) is 2.70. The monoisotopic (exact) mass is 322 g/mol. The van der Waals surface area contributed by atoms with Crippen LogP contribution in [0.2, 0.25) is 0 Å². The molecule has 3 nitrogen and oxygen atoms in total. The van der Waals surface area contributed by atoms with Crippen molar-refractivity contribution in [1.29, 1.82) is 0 Å². The topological polar surface area (TPSA) is 35.5 Å². The van der Waals surface area contributed by atoms with E-state index >= 15 is 0 Å². The number of hydrogen-bond donors (Lipinski definition) is 0. The van der Waals surface area contributed by atoms with Crippen LogP contribution in [-0.4, -0.2) is 24.3 Å². The lowest BCUT2D eigenvalue weighted by molar-refractivity contribution is -0.115. The van der Waals surface area contributed by atoms with E-state index in [1.54, 1.807) is 13.0 Å². The molecule has 1 aromatic rings. The van der Waals surface area contributed by atoms with Crippen molar-refractivity contribution in [2.24, 2.45) is 0 Å². The summed E-state index contributed by atoms with van der Waals surface area (Å²) in [4.78, 5) is 11.3. The molecule has 0 aliphatic heterocycles. The molecule has 0 heterocycles. The van der Waals surface area contributed by atoms with Gasteiger partial charge in [0, 0.05) is 6.42 Å². The molecule has 0 unspecified atom stereocenters. The molecule has 0 atom stereocenters. The third kappa shape index (κ3) is 4.60. The maximum absolute atomic E-state index is 12.2. The van der Waals surface area contributed by atoms with Gasteiger partial charge in [-0.25, -0.2) is 0 Å². The standard InChI is InChI=1S/C12H13BrF2O3/c1-2-17-10-4-3-8(5-9(16)7-13)6-11(10)18-12(14)15/h3-4,6,12H,2,5,7H2,1H3. The van der Waals surface area contributed by atoms with Gasteiger partial charge >= 0.3 is 6.61 Å². The molecular formula is C12H13BrF2O3. The molecule has 0 radical (unpaired) electrons. The van der Waals surface area contributed by atoms with Gasteiger partial charge in [-0.15, -0.1) is 0 Å². The number of carbonyl (C=O) groups excluding carboxylic acids is 1. The van der Waals surface area contributed by atoms with Gasteiger partial charge in [0.1, 0.15) is 5.78 Å². The number of benzene rings is 1. The molecule has 0 bridgehead atoms. The summed E-state index contributed by atoms with van der Waals surface area (Å²) in [6.45, 7) is -0.834. The molecule has 0 aliphatic carbocycles. The summed E-state index contributed by atoms with van der Waals surface area (Å²) < 4.78 is 34.0. The first-order valence-corrected chi connectivity index (χ1v) is 6.47. The molecule has 0 aliphatic rings. The maximum Gasteiger partial charge on any atom is 0.387 e. The highest BCUT2D eigenvalue weighted by Gasteiger charge is 2.12. The SMILES string of the molecule is CCOc1ccc(CC(=O)CBr)cc1OC(F)F. The Morgan fingerprint density at radius 3 is 2.67 bits per heavy atom. The van der Waals surface area contributed by atoms with Crippen molar-refractivity contribution in [1.82, 2.24) is 0 Å².